The van der Waals surface area contributed by atoms with E-state index in [4.69, 9.17) is 14.6 Å². The van der Waals surface area contributed by atoms with Gasteiger partial charge in [-0.1, -0.05) is 71.0 Å². The first-order chi connectivity index (χ1) is 19.2. The van der Waals surface area contributed by atoms with Gasteiger partial charge in [-0.15, -0.1) is 0 Å². The maximum atomic E-state index is 13.5. The Labute approximate surface area is 238 Å². The molecule has 2 N–H and O–H groups in total. The van der Waals surface area contributed by atoms with E-state index in [1.807, 2.05) is 60.1 Å². The summed E-state index contributed by atoms with van der Waals surface area (Å²) in [5.74, 6) is 1.51. The predicted octanol–water partition coefficient (Wildman–Crippen LogP) is 5.85. The fourth-order valence-electron chi connectivity index (χ4n) is 4.59. The van der Waals surface area contributed by atoms with Gasteiger partial charge in [0.15, 0.2) is 5.69 Å². The lowest BCUT2D eigenvalue weighted by molar-refractivity contribution is -0.121. The van der Waals surface area contributed by atoms with Crippen molar-refractivity contribution in [1.29, 1.82) is 0 Å². The molecular weight excluding hydrogens is 504 g/mol. The molecule has 0 saturated heterocycles. The molecule has 0 bridgehead atoms. The van der Waals surface area contributed by atoms with Gasteiger partial charge in [-0.05, 0) is 48.4 Å². The molecule has 3 aromatic rings. The molecule has 0 aliphatic rings. The number of nitrogens with zero attached hydrogens (tertiary/aromatic N) is 2. The minimum absolute atomic E-state index is 0.0620. The van der Waals surface area contributed by atoms with Crippen LogP contribution in [0.15, 0.2) is 54.6 Å². The topological polar surface area (TPSA) is 94.5 Å². The second-order valence-corrected chi connectivity index (χ2v) is 11.0. The van der Waals surface area contributed by atoms with Crippen LogP contribution >= 0.6 is 0 Å². The van der Waals surface area contributed by atoms with Crippen molar-refractivity contribution in [2.45, 2.75) is 73.1 Å². The molecule has 1 heterocycles. The normalized spacial score (nSPS) is 11.9. The van der Waals surface area contributed by atoms with Gasteiger partial charge in [0.1, 0.15) is 18.1 Å². The van der Waals surface area contributed by atoms with Gasteiger partial charge < -0.3 is 20.1 Å². The minimum atomic E-state index is -0.306. The first kappa shape index (κ1) is 30.7. The molecule has 0 aliphatic carbocycles. The second-order valence-electron chi connectivity index (χ2n) is 11.0. The zero-order chi connectivity index (χ0) is 29.1. The zero-order valence-corrected chi connectivity index (χ0v) is 24.7. The molecule has 2 amide bonds. The van der Waals surface area contributed by atoms with Gasteiger partial charge in [0.05, 0.1) is 18.4 Å². The third kappa shape index (κ3) is 8.86. The zero-order valence-electron chi connectivity index (χ0n) is 24.7. The quantitative estimate of drug-likeness (QED) is 0.248. The van der Waals surface area contributed by atoms with E-state index in [1.165, 1.54) is 0 Å². The number of carbonyl (C=O) groups excluding carboxylic acids is 2. The third-order valence-electron chi connectivity index (χ3n) is 6.35. The Kier molecular flexibility index (Phi) is 11.6. The highest BCUT2D eigenvalue weighted by molar-refractivity contribution is 5.94. The maximum absolute atomic E-state index is 13.5. The number of ether oxygens (including phenoxy) is 2. The molecular formula is C32H44N4O4. The molecule has 8 heteroatoms. The molecule has 3 rings (SSSR count). The van der Waals surface area contributed by atoms with Gasteiger partial charge in [-0.25, -0.2) is 0 Å². The molecule has 0 aliphatic heterocycles. The molecule has 216 valence electrons. The predicted molar refractivity (Wildman–Crippen MR) is 158 cm³/mol. The van der Waals surface area contributed by atoms with Crippen LogP contribution < -0.4 is 20.1 Å². The standard InChI is InChI=1S/C32H44N4O4/c1-7-16-33-30(37)18-25(17-22(2)3)34-32(38)26-19-27(36(35-26)20-23(4)5)31-28(39-6)14-11-15-29(31)40-21-24-12-9-8-10-13-24/h8-15,19,22-23,25H,7,16-18,20-21H2,1-6H3,(H,33,37)(H,34,38)/t25-/m0/s1. The van der Waals surface area contributed by atoms with E-state index < -0.39 is 0 Å². The van der Waals surface area contributed by atoms with E-state index >= 15 is 0 Å². The number of carbonyl (C=O) groups is 2. The van der Waals surface area contributed by atoms with Crippen molar-refractivity contribution < 1.29 is 19.1 Å². The van der Waals surface area contributed by atoms with E-state index in [-0.39, 0.29) is 30.2 Å². The summed E-state index contributed by atoms with van der Waals surface area (Å²) in [7, 11) is 1.62. The first-order valence-corrected chi connectivity index (χ1v) is 14.2. The number of rotatable bonds is 15. The smallest absolute Gasteiger partial charge is 0.272 e. The molecule has 0 unspecified atom stereocenters. The van der Waals surface area contributed by atoms with Crippen LogP contribution in [-0.2, 0) is 17.9 Å². The monoisotopic (exact) mass is 548 g/mol. The summed E-state index contributed by atoms with van der Waals surface area (Å²) in [6, 6.07) is 17.1. The number of methoxy groups -OCH3 is 1. The van der Waals surface area contributed by atoms with E-state index in [0.717, 1.165) is 23.2 Å². The van der Waals surface area contributed by atoms with E-state index in [2.05, 4.69) is 38.3 Å². The van der Waals surface area contributed by atoms with Gasteiger partial charge in [0, 0.05) is 25.6 Å². The van der Waals surface area contributed by atoms with Gasteiger partial charge in [0.2, 0.25) is 5.91 Å². The Morgan fingerprint density at radius 3 is 2.35 bits per heavy atom. The Balaban J connectivity index is 1.94. The Hall–Kier alpha value is -3.81. The number of amides is 2. The van der Waals surface area contributed by atoms with Crippen molar-refractivity contribution in [3.8, 4) is 22.8 Å². The average Bonchev–Trinajstić information content (AvgIpc) is 3.33. The van der Waals surface area contributed by atoms with Gasteiger partial charge in [-0.2, -0.15) is 5.10 Å². The molecule has 40 heavy (non-hydrogen) atoms. The molecule has 1 aromatic heterocycles. The molecule has 2 aromatic carbocycles. The van der Waals surface area contributed by atoms with Crippen molar-refractivity contribution in [2.75, 3.05) is 13.7 Å². The lowest BCUT2D eigenvalue weighted by Crippen LogP contribution is -2.40. The molecule has 0 saturated carbocycles. The number of nitrogens with one attached hydrogen (secondary N) is 2. The van der Waals surface area contributed by atoms with Crippen LogP contribution in [0.5, 0.6) is 11.5 Å². The van der Waals surface area contributed by atoms with Crippen LogP contribution in [0.4, 0.5) is 0 Å². The van der Waals surface area contributed by atoms with Crippen molar-refractivity contribution in [2.24, 2.45) is 11.8 Å². The van der Waals surface area contributed by atoms with Gasteiger partial charge in [-0.3, -0.25) is 14.3 Å². The van der Waals surface area contributed by atoms with Crippen molar-refractivity contribution in [3.05, 3.63) is 65.9 Å². The largest absolute Gasteiger partial charge is 0.496 e. The fourth-order valence-corrected chi connectivity index (χ4v) is 4.59. The van der Waals surface area contributed by atoms with Gasteiger partial charge in [0.25, 0.3) is 5.91 Å². The Morgan fingerprint density at radius 1 is 0.975 bits per heavy atom. The minimum Gasteiger partial charge on any atom is -0.496 e. The summed E-state index contributed by atoms with van der Waals surface area (Å²) in [5, 5.41) is 10.7. The third-order valence-corrected chi connectivity index (χ3v) is 6.35. The van der Waals surface area contributed by atoms with E-state index in [1.54, 1.807) is 13.2 Å². The van der Waals surface area contributed by atoms with Crippen molar-refractivity contribution in [3.63, 3.8) is 0 Å². The highest BCUT2D eigenvalue weighted by Crippen LogP contribution is 2.39. The lowest BCUT2D eigenvalue weighted by Gasteiger charge is -2.20. The SMILES string of the molecule is CCCNC(=O)C[C@H](CC(C)C)NC(=O)c1cc(-c2c(OC)cccc2OCc2ccccc2)n(CC(C)C)n1. The summed E-state index contributed by atoms with van der Waals surface area (Å²) < 4.78 is 13.9. The molecule has 0 fully saturated rings. The molecule has 1 atom stereocenters. The van der Waals surface area contributed by atoms with Crippen LogP contribution in [0.1, 0.15) is 69.9 Å². The van der Waals surface area contributed by atoms with E-state index in [0.29, 0.717) is 49.2 Å². The summed E-state index contributed by atoms with van der Waals surface area (Å²) in [5.41, 5.74) is 2.82. The summed E-state index contributed by atoms with van der Waals surface area (Å²) in [4.78, 5) is 25.9. The maximum Gasteiger partial charge on any atom is 0.272 e. The summed E-state index contributed by atoms with van der Waals surface area (Å²) >= 11 is 0. The number of benzene rings is 2. The van der Waals surface area contributed by atoms with Crippen LogP contribution in [0, 0.1) is 11.8 Å². The fraction of sp³-hybridized carbons (Fsp3) is 0.469. The summed E-state index contributed by atoms with van der Waals surface area (Å²) in [6.07, 6.45) is 1.78. The van der Waals surface area contributed by atoms with Crippen LogP contribution in [0.3, 0.4) is 0 Å². The van der Waals surface area contributed by atoms with E-state index in [9.17, 15) is 9.59 Å². The Bertz CT molecular complexity index is 1240. The average molecular weight is 549 g/mol. The number of hydrogen-bond acceptors (Lipinski definition) is 5. The number of aromatic nitrogens is 2. The number of hydrogen-bond donors (Lipinski definition) is 2. The molecule has 8 nitrogen and oxygen atoms in total. The van der Waals surface area contributed by atoms with Crippen LogP contribution in [-0.4, -0.2) is 41.3 Å². The van der Waals surface area contributed by atoms with Crippen LogP contribution in [0.2, 0.25) is 0 Å². The Morgan fingerprint density at radius 2 is 1.70 bits per heavy atom. The molecule has 0 radical (unpaired) electrons. The highest BCUT2D eigenvalue weighted by Gasteiger charge is 2.24. The van der Waals surface area contributed by atoms with Gasteiger partial charge >= 0.3 is 0 Å². The summed E-state index contributed by atoms with van der Waals surface area (Å²) in [6.45, 7) is 12.0. The first-order valence-electron chi connectivity index (χ1n) is 14.2. The highest BCUT2D eigenvalue weighted by atomic mass is 16.5. The lowest BCUT2D eigenvalue weighted by atomic mass is 10.0. The second kappa shape index (κ2) is 15.1. The van der Waals surface area contributed by atoms with Crippen LogP contribution in [0.25, 0.3) is 11.3 Å². The van der Waals surface area contributed by atoms with Crippen molar-refractivity contribution >= 4 is 11.8 Å². The molecule has 0 spiro atoms. The van der Waals surface area contributed by atoms with Crippen molar-refractivity contribution in [1.82, 2.24) is 20.4 Å².